The van der Waals surface area contributed by atoms with Crippen LogP contribution in [0.2, 0.25) is 0 Å². The van der Waals surface area contributed by atoms with Gasteiger partial charge in [0.15, 0.2) is 5.96 Å². The van der Waals surface area contributed by atoms with Gasteiger partial charge < -0.3 is 24.8 Å². The predicted octanol–water partition coefficient (Wildman–Crippen LogP) is 1.76. The Morgan fingerprint density at radius 3 is 2.58 bits per heavy atom. The fourth-order valence-corrected chi connectivity index (χ4v) is 2.26. The number of aryl methyl sites for hydroxylation is 1. The molecule has 0 saturated heterocycles. The Morgan fingerprint density at radius 1 is 1.08 bits per heavy atom. The van der Waals surface area contributed by atoms with Crippen LogP contribution in [0.25, 0.3) is 0 Å². The molecule has 0 spiro atoms. The van der Waals surface area contributed by atoms with Crippen molar-refractivity contribution in [2.75, 3.05) is 54.2 Å². The monoisotopic (exact) mass is 337 g/mol. The minimum Gasteiger partial charge on any atom is -0.496 e. The molecule has 1 aromatic rings. The van der Waals surface area contributed by atoms with Crippen LogP contribution in [0, 0.1) is 6.92 Å². The number of hydrogen-bond acceptors (Lipinski definition) is 4. The molecule has 0 heterocycles. The van der Waals surface area contributed by atoms with Crippen molar-refractivity contribution < 1.29 is 14.2 Å². The molecule has 0 bridgehead atoms. The van der Waals surface area contributed by atoms with Crippen molar-refractivity contribution in [3.63, 3.8) is 0 Å². The molecule has 0 unspecified atom stereocenters. The Hall–Kier alpha value is -1.79. The van der Waals surface area contributed by atoms with Gasteiger partial charge in [-0.3, -0.25) is 4.99 Å². The predicted molar refractivity (Wildman–Crippen MR) is 98.1 cm³/mol. The summed E-state index contributed by atoms with van der Waals surface area (Å²) in [6, 6.07) is 6.24. The molecule has 1 rings (SSSR count). The standard InChI is InChI=1S/C18H31N3O3/c1-15-6-7-17(23-4)16(14-15)8-10-21-18(19-2)20-9-5-11-24-13-12-22-3/h6-7,14H,5,8-13H2,1-4H3,(H2,19,20,21). The summed E-state index contributed by atoms with van der Waals surface area (Å²) in [7, 11) is 5.15. The van der Waals surface area contributed by atoms with Crippen molar-refractivity contribution in [3.05, 3.63) is 29.3 Å². The number of guanidine groups is 1. The molecule has 6 nitrogen and oxygen atoms in total. The SMILES string of the molecule is CN=C(NCCCOCCOC)NCCc1cc(C)ccc1OC. The highest BCUT2D eigenvalue weighted by Gasteiger charge is 2.04. The second kappa shape index (κ2) is 12.6. The third-order valence-electron chi connectivity index (χ3n) is 3.54. The van der Waals surface area contributed by atoms with E-state index >= 15 is 0 Å². The number of aliphatic imine (C=N–C) groups is 1. The van der Waals surface area contributed by atoms with Crippen molar-refractivity contribution in [2.45, 2.75) is 19.8 Å². The number of methoxy groups -OCH3 is 2. The van der Waals surface area contributed by atoms with Gasteiger partial charge in [0.05, 0.1) is 20.3 Å². The smallest absolute Gasteiger partial charge is 0.190 e. The molecule has 0 radical (unpaired) electrons. The van der Waals surface area contributed by atoms with E-state index in [0.717, 1.165) is 37.6 Å². The Morgan fingerprint density at radius 2 is 1.88 bits per heavy atom. The summed E-state index contributed by atoms with van der Waals surface area (Å²) in [6.45, 7) is 5.70. The van der Waals surface area contributed by atoms with Crippen molar-refractivity contribution in [1.29, 1.82) is 0 Å². The molecule has 2 N–H and O–H groups in total. The van der Waals surface area contributed by atoms with Gasteiger partial charge >= 0.3 is 0 Å². The maximum absolute atomic E-state index is 5.43. The molecule has 0 aromatic heterocycles. The first-order valence-electron chi connectivity index (χ1n) is 8.36. The van der Waals surface area contributed by atoms with Crippen LogP contribution in [0.3, 0.4) is 0 Å². The van der Waals surface area contributed by atoms with E-state index < -0.39 is 0 Å². The van der Waals surface area contributed by atoms with Crippen LogP contribution in [0.4, 0.5) is 0 Å². The molecular weight excluding hydrogens is 306 g/mol. The van der Waals surface area contributed by atoms with Crippen molar-refractivity contribution >= 4 is 5.96 Å². The Balaban J connectivity index is 2.24. The molecule has 0 saturated carbocycles. The van der Waals surface area contributed by atoms with Crippen molar-refractivity contribution in [1.82, 2.24) is 10.6 Å². The molecule has 1 aromatic carbocycles. The fourth-order valence-electron chi connectivity index (χ4n) is 2.26. The average molecular weight is 337 g/mol. The average Bonchev–Trinajstić information content (AvgIpc) is 2.59. The highest BCUT2D eigenvalue weighted by Crippen LogP contribution is 2.19. The summed E-state index contributed by atoms with van der Waals surface area (Å²) in [6.07, 6.45) is 1.81. The molecule has 136 valence electrons. The highest BCUT2D eigenvalue weighted by atomic mass is 16.5. The number of hydrogen-bond donors (Lipinski definition) is 2. The van der Waals surface area contributed by atoms with Gasteiger partial charge in [-0.25, -0.2) is 0 Å². The zero-order chi connectivity index (χ0) is 17.6. The summed E-state index contributed by atoms with van der Waals surface area (Å²) >= 11 is 0. The van der Waals surface area contributed by atoms with E-state index in [1.165, 1.54) is 11.1 Å². The number of benzene rings is 1. The van der Waals surface area contributed by atoms with E-state index in [9.17, 15) is 0 Å². The number of nitrogens with one attached hydrogen (secondary N) is 2. The van der Waals surface area contributed by atoms with E-state index in [-0.39, 0.29) is 0 Å². The van der Waals surface area contributed by atoms with Crippen LogP contribution in [0.15, 0.2) is 23.2 Å². The third kappa shape index (κ3) is 8.17. The lowest BCUT2D eigenvalue weighted by molar-refractivity contribution is 0.0698. The molecule has 0 atom stereocenters. The Labute approximate surface area is 145 Å². The lowest BCUT2D eigenvalue weighted by Gasteiger charge is -2.13. The second-order valence-electron chi connectivity index (χ2n) is 5.45. The van der Waals surface area contributed by atoms with Crippen molar-refractivity contribution in [3.8, 4) is 5.75 Å². The molecule has 0 fully saturated rings. The Bertz CT molecular complexity index is 492. The number of rotatable bonds is 11. The van der Waals surface area contributed by atoms with Crippen molar-refractivity contribution in [2.24, 2.45) is 4.99 Å². The van der Waals surface area contributed by atoms with Gasteiger partial charge in [-0.2, -0.15) is 0 Å². The molecule has 0 aliphatic heterocycles. The number of ether oxygens (including phenoxy) is 3. The molecular formula is C18H31N3O3. The fraction of sp³-hybridized carbons (Fsp3) is 0.611. The summed E-state index contributed by atoms with van der Waals surface area (Å²) < 4.78 is 15.8. The molecule has 0 aliphatic carbocycles. The van der Waals surface area contributed by atoms with E-state index in [2.05, 4.69) is 34.7 Å². The molecule has 24 heavy (non-hydrogen) atoms. The maximum Gasteiger partial charge on any atom is 0.190 e. The third-order valence-corrected chi connectivity index (χ3v) is 3.54. The maximum atomic E-state index is 5.43. The topological polar surface area (TPSA) is 64.1 Å². The minimum atomic E-state index is 0.638. The summed E-state index contributed by atoms with van der Waals surface area (Å²) in [5, 5.41) is 6.61. The van der Waals surface area contributed by atoms with Gasteiger partial charge in [-0.05, 0) is 31.4 Å². The van der Waals surface area contributed by atoms with Gasteiger partial charge in [0.25, 0.3) is 0 Å². The van der Waals surface area contributed by atoms with Gasteiger partial charge in [-0.1, -0.05) is 17.7 Å². The molecule has 0 aliphatic rings. The second-order valence-corrected chi connectivity index (χ2v) is 5.45. The van der Waals surface area contributed by atoms with Gasteiger partial charge in [0.1, 0.15) is 5.75 Å². The van der Waals surface area contributed by atoms with E-state index in [1.807, 2.05) is 6.07 Å². The quantitative estimate of drug-likeness (QED) is 0.366. The first-order valence-corrected chi connectivity index (χ1v) is 8.36. The van der Waals surface area contributed by atoms with Crippen LogP contribution in [0.1, 0.15) is 17.5 Å². The van der Waals surface area contributed by atoms with Crippen LogP contribution in [0.5, 0.6) is 5.75 Å². The molecule has 0 amide bonds. The van der Waals surface area contributed by atoms with Crippen LogP contribution < -0.4 is 15.4 Å². The first kappa shape index (κ1) is 20.3. The van der Waals surface area contributed by atoms with Crippen LogP contribution in [-0.2, 0) is 15.9 Å². The number of nitrogens with zero attached hydrogens (tertiary/aromatic N) is 1. The largest absolute Gasteiger partial charge is 0.496 e. The van der Waals surface area contributed by atoms with Crippen LogP contribution >= 0.6 is 0 Å². The zero-order valence-electron chi connectivity index (χ0n) is 15.4. The summed E-state index contributed by atoms with van der Waals surface area (Å²) in [5.41, 5.74) is 2.44. The van der Waals surface area contributed by atoms with E-state index in [1.54, 1.807) is 21.3 Å². The lowest BCUT2D eigenvalue weighted by Crippen LogP contribution is -2.39. The van der Waals surface area contributed by atoms with Gasteiger partial charge in [-0.15, -0.1) is 0 Å². The summed E-state index contributed by atoms with van der Waals surface area (Å²) in [4.78, 5) is 4.23. The summed E-state index contributed by atoms with van der Waals surface area (Å²) in [5.74, 6) is 1.73. The van der Waals surface area contributed by atoms with Crippen LogP contribution in [-0.4, -0.2) is 60.1 Å². The van der Waals surface area contributed by atoms with E-state index in [0.29, 0.717) is 19.8 Å². The zero-order valence-corrected chi connectivity index (χ0v) is 15.4. The normalized spacial score (nSPS) is 11.4. The van der Waals surface area contributed by atoms with Gasteiger partial charge in [0.2, 0.25) is 0 Å². The minimum absolute atomic E-state index is 0.638. The highest BCUT2D eigenvalue weighted by molar-refractivity contribution is 5.79. The van der Waals surface area contributed by atoms with E-state index in [4.69, 9.17) is 14.2 Å². The Kier molecular flexibility index (Phi) is 10.6. The first-order chi connectivity index (χ1) is 11.7. The van der Waals surface area contributed by atoms with Gasteiger partial charge in [0, 0.05) is 33.9 Å². The lowest BCUT2D eigenvalue weighted by atomic mass is 10.1. The molecule has 6 heteroatoms.